The quantitative estimate of drug-likeness (QED) is 0.575. The minimum atomic E-state index is -6.02. The van der Waals surface area contributed by atoms with E-state index in [1.165, 1.54) is 24.0 Å². The third-order valence-corrected chi connectivity index (χ3v) is 2.77. The van der Waals surface area contributed by atoms with Crippen LogP contribution in [-0.2, 0) is 14.3 Å². The Hall–Kier alpha value is -1.06. The Balaban J connectivity index is 4.89. The molecule has 10 heteroatoms. The van der Waals surface area contributed by atoms with Gasteiger partial charge in [-0.1, -0.05) is 0 Å². The molecule has 20 heavy (non-hydrogen) atoms. The van der Waals surface area contributed by atoms with Crippen LogP contribution in [0.3, 0.4) is 0 Å². The van der Waals surface area contributed by atoms with Crippen molar-refractivity contribution in [1.82, 2.24) is 5.32 Å². The van der Waals surface area contributed by atoms with E-state index in [1.807, 2.05) is 0 Å². The van der Waals surface area contributed by atoms with Gasteiger partial charge in [0.25, 0.3) is 0 Å². The Morgan fingerprint density at radius 2 is 1.80 bits per heavy atom. The predicted molar refractivity (Wildman–Crippen MR) is 62.6 cm³/mol. The number of amides is 1. The number of halogens is 5. The lowest BCUT2D eigenvalue weighted by Gasteiger charge is -2.22. The van der Waals surface area contributed by atoms with Crippen molar-refractivity contribution in [1.29, 1.82) is 0 Å². The Morgan fingerprint density at radius 3 is 2.20 bits per heavy atom. The molecule has 0 aliphatic heterocycles. The molecule has 0 aromatic heterocycles. The Bertz CT molecular complexity index is 348. The first kappa shape index (κ1) is 18.9. The molecule has 0 aromatic carbocycles. The van der Waals surface area contributed by atoms with Crippen LogP contribution in [0.15, 0.2) is 0 Å². The average Bonchev–Trinajstić information content (AvgIpc) is 2.32. The van der Waals surface area contributed by atoms with E-state index >= 15 is 0 Å². The standard InChI is InChI=1S/C10H14F5NO3S/c1-3-19-7(17)6(4-5-20-2)16-8(18)9(11,12)10(13,14)15/h6H,3-5H2,1-2H3,(H,16,18). The lowest BCUT2D eigenvalue weighted by Crippen LogP contribution is -2.55. The number of nitrogens with one attached hydrogen (secondary N) is 1. The van der Waals surface area contributed by atoms with Crippen LogP contribution in [0, 0.1) is 0 Å². The zero-order chi connectivity index (χ0) is 16.0. The zero-order valence-electron chi connectivity index (χ0n) is 10.7. The molecule has 0 rings (SSSR count). The number of alkyl halides is 5. The van der Waals surface area contributed by atoms with E-state index in [0.29, 0.717) is 0 Å². The topological polar surface area (TPSA) is 55.4 Å². The molecular weight excluding hydrogens is 309 g/mol. The van der Waals surface area contributed by atoms with Crippen LogP contribution in [0.4, 0.5) is 22.0 Å². The number of esters is 1. The van der Waals surface area contributed by atoms with Crippen LogP contribution in [-0.4, -0.2) is 48.6 Å². The van der Waals surface area contributed by atoms with Crippen molar-refractivity contribution in [3.63, 3.8) is 0 Å². The fourth-order valence-corrected chi connectivity index (χ4v) is 1.58. The van der Waals surface area contributed by atoms with Gasteiger partial charge in [-0.05, 0) is 25.4 Å². The molecule has 0 saturated heterocycles. The van der Waals surface area contributed by atoms with Crippen LogP contribution >= 0.6 is 11.8 Å². The van der Waals surface area contributed by atoms with Crippen LogP contribution < -0.4 is 5.32 Å². The molecule has 118 valence electrons. The fraction of sp³-hybridized carbons (Fsp3) is 0.800. The lowest BCUT2D eigenvalue weighted by molar-refractivity contribution is -0.270. The summed E-state index contributed by atoms with van der Waals surface area (Å²) < 4.78 is 66.0. The molecule has 0 spiro atoms. The molecule has 4 nitrogen and oxygen atoms in total. The molecule has 0 aliphatic carbocycles. The van der Waals surface area contributed by atoms with Gasteiger partial charge in [0.1, 0.15) is 6.04 Å². The smallest absolute Gasteiger partial charge is 0.463 e. The van der Waals surface area contributed by atoms with Crippen LogP contribution in [0.25, 0.3) is 0 Å². The highest BCUT2D eigenvalue weighted by atomic mass is 32.2. The summed E-state index contributed by atoms with van der Waals surface area (Å²) in [5.41, 5.74) is 0. The van der Waals surface area contributed by atoms with Gasteiger partial charge in [0.15, 0.2) is 0 Å². The van der Waals surface area contributed by atoms with E-state index in [9.17, 15) is 31.5 Å². The number of carbonyl (C=O) groups is 2. The van der Waals surface area contributed by atoms with Crippen LogP contribution in [0.1, 0.15) is 13.3 Å². The third-order valence-electron chi connectivity index (χ3n) is 2.13. The summed E-state index contributed by atoms with van der Waals surface area (Å²) in [7, 11) is 0. The monoisotopic (exact) mass is 323 g/mol. The summed E-state index contributed by atoms with van der Waals surface area (Å²) in [5.74, 6) is -8.89. The van der Waals surface area contributed by atoms with E-state index < -0.39 is 30.0 Å². The molecular formula is C10H14F5NO3S. The second-order valence-corrected chi connectivity index (χ2v) is 4.62. The van der Waals surface area contributed by atoms with E-state index in [-0.39, 0.29) is 18.8 Å². The number of hydrogen-bond donors (Lipinski definition) is 1. The van der Waals surface area contributed by atoms with Gasteiger partial charge in [-0.15, -0.1) is 0 Å². The largest absolute Gasteiger partial charge is 0.464 e. The minimum absolute atomic E-state index is 0.0832. The molecule has 0 heterocycles. The number of ether oxygens (including phenoxy) is 1. The van der Waals surface area contributed by atoms with Crippen LogP contribution in [0.2, 0.25) is 0 Å². The first-order chi connectivity index (χ1) is 9.07. The molecule has 0 aliphatic rings. The third kappa shape index (κ3) is 5.14. The number of carbonyl (C=O) groups excluding carboxylic acids is 2. The molecule has 0 fully saturated rings. The normalized spacial score (nSPS) is 13.8. The van der Waals surface area contributed by atoms with E-state index in [2.05, 4.69) is 4.74 Å². The summed E-state index contributed by atoms with van der Waals surface area (Å²) in [5, 5.41) is 1.39. The van der Waals surface area contributed by atoms with Crippen molar-refractivity contribution in [2.45, 2.75) is 31.5 Å². The summed E-state index contributed by atoms with van der Waals surface area (Å²) in [6, 6.07) is -1.54. The van der Waals surface area contributed by atoms with Crippen molar-refractivity contribution in [2.75, 3.05) is 18.6 Å². The van der Waals surface area contributed by atoms with Crippen molar-refractivity contribution in [3.05, 3.63) is 0 Å². The van der Waals surface area contributed by atoms with Gasteiger partial charge in [0.05, 0.1) is 6.61 Å². The molecule has 0 aromatic rings. The highest BCUT2D eigenvalue weighted by Crippen LogP contribution is 2.35. The molecule has 1 amide bonds. The number of thioether (sulfide) groups is 1. The first-order valence-electron chi connectivity index (χ1n) is 5.49. The maximum Gasteiger partial charge on any atom is 0.463 e. The van der Waals surface area contributed by atoms with Gasteiger partial charge in [0, 0.05) is 0 Å². The molecule has 0 saturated carbocycles. The number of rotatable bonds is 7. The second kappa shape index (κ2) is 7.65. The van der Waals surface area contributed by atoms with Crippen molar-refractivity contribution < 1.29 is 36.3 Å². The minimum Gasteiger partial charge on any atom is -0.464 e. The first-order valence-corrected chi connectivity index (χ1v) is 6.88. The predicted octanol–water partition coefficient (Wildman–Crippen LogP) is 1.98. The summed E-state index contributed by atoms with van der Waals surface area (Å²) in [6.45, 7) is 1.36. The molecule has 0 radical (unpaired) electrons. The SMILES string of the molecule is CCOC(=O)C(CCSC)NC(=O)C(F)(F)C(F)(F)F. The highest BCUT2D eigenvalue weighted by molar-refractivity contribution is 7.98. The van der Waals surface area contributed by atoms with Gasteiger partial charge < -0.3 is 10.1 Å². The lowest BCUT2D eigenvalue weighted by atomic mass is 10.2. The average molecular weight is 323 g/mol. The maximum absolute atomic E-state index is 12.8. The van der Waals surface area contributed by atoms with Gasteiger partial charge in [-0.3, -0.25) is 4.79 Å². The van der Waals surface area contributed by atoms with Gasteiger partial charge in [-0.25, -0.2) is 4.79 Å². The molecule has 1 unspecified atom stereocenters. The zero-order valence-corrected chi connectivity index (χ0v) is 11.5. The highest BCUT2D eigenvalue weighted by Gasteiger charge is 2.63. The van der Waals surface area contributed by atoms with Crippen molar-refractivity contribution in [3.8, 4) is 0 Å². The Labute approximate surface area is 116 Å². The van der Waals surface area contributed by atoms with E-state index in [0.717, 1.165) is 0 Å². The summed E-state index contributed by atoms with van der Waals surface area (Å²) in [6.07, 6.45) is -4.48. The van der Waals surface area contributed by atoms with E-state index in [4.69, 9.17) is 0 Å². The molecule has 1 atom stereocenters. The summed E-state index contributed by atoms with van der Waals surface area (Å²) >= 11 is 1.24. The van der Waals surface area contributed by atoms with Crippen molar-refractivity contribution in [2.24, 2.45) is 0 Å². The Morgan fingerprint density at radius 1 is 1.25 bits per heavy atom. The molecule has 1 N–H and O–H groups in total. The Kier molecular flexibility index (Phi) is 7.25. The fourth-order valence-electron chi connectivity index (χ4n) is 1.11. The second-order valence-electron chi connectivity index (χ2n) is 3.63. The van der Waals surface area contributed by atoms with E-state index in [1.54, 1.807) is 6.26 Å². The van der Waals surface area contributed by atoms with Gasteiger partial charge in [-0.2, -0.15) is 33.7 Å². The van der Waals surface area contributed by atoms with Crippen molar-refractivity contribution >= 4 is 23.6 Å². The van der Waals surface area contributed by atoms with Crippen LogP contribution in [0.5, 0.6) is 0 Å². The van der Waals surface area contributed by atoms with Gasteiger partial charge >= 0.3 is 24.0 Å². The molecule has 0 bridgehead atoms. The van der Waals surface area contributed by atoms with Gasteiger partial charge in [0.2, 0.25) is 0 Å². The summed E-state index contributed by atoms with van der Waals surface area (Å²) in [4.78, 5) is 22.4. The number of hydrogen-bond acceptors (Lipinski definition) is 4. The maximum atomic E-state index is 12.8.